The first-order chi connectivity index (χ1) is 14.0. The summed E-state index contributed by atoms with van der Waals surface area (Å²) in [4.78, 5) is 4.56. The molecule has 0 unspecified atom stereocenters. The average Bonchev–Trinajstić information content (AvgIpc) is 3.45. The summed E-state index contributed by atoms with van der Waals surface area (Å²) in [5.74, 6) is 1.26. The van der Waals surface area contributed by atoms with Gasteiger partial charge in [0, 0.05) is 5.02 Å². The second-order valence-corrected chi connectivity index (χ2v) is 9.34. The molecule has 0 amide bonds. The van der Waals surface area contributed by atoms with E-state index in [-0.39, 0.29) is 15.6 Å². The maximum atomic E-state index is 13.1. The first kappa shape index (κ1) is 18.1. The number of sulfone groups is 1. The van der Waals surface area contributed by atoms with Crippen molar-refractivity contribution in [2.45, 2.75) is 16.5 Å². The highest BCUT2D eigenvalue weighted by molar-refractivity contribution is 7.91. The quantitative estimate of drug-likeness (QED) is 0.435. The maximum absolute atomic E-state index is 13.1. The Hall–Kier alpha value is -2.95. The molecule has 146 valence electrons. The lowest BCUT2D eigenvalue weighted by Crippen LogP contribution is -2.06. The van der Waals surface area contributed by atoms with E-state index in [1.165, 1.54) is 28.0 Å². The maximum Gasteiger partial charge on any atom is 0.229 e. The topological polar surface area (TPSA) is 102 Å². The molecule has 0 saturated heterocycles. The fourth-order valence-electron chi connectivity index (χ4n) is 2.95. The van der Waals surface area contributed by atoms with E-state index in [1.54, 1.807) is 24.5 Å². The molecule has 1 N–H and O–H groups in total. The van der Waals surface area contributed by atoms with Crippen LogP contribution in [0.1, 0.15) is 5.76 Å². The molecule has 0 aliphatic rings. The molecule has 0 aliphatic heterocycles. The van der Waals surface area contributed by atoms with E-state index in [1.807, 2.05) is 17.5 Å². The third kappa shape index (κ3) is 3.05. The number of hydrogen-bond acceptors (Lipinski definition) is 8. The van der Waals surface area contributed by atoms with E-state index >= 15 is 0 Å². The van der Waals surface area contributed by atoms with Crippen molar-refractivity contribution in [1.82, 2.24) is 19.8 Å². The number of furan rings is 1. The highest BCUT2D eigenvalue weighted by Gasteiger charge is 2.27. The first-order valence-corrected chi connectivity index (χ1v) is 11.2. The molecule has 4 aromatic heterocycles. The molecule has 0 aliphatic carbocycles. The summed E-state index contributed by atoms with van der Waals surface area (Å²) in [6.45, 7) is 0.404. The minimum Gasteiger partial charge on any atom is -0.467 e. The molecule has 0 fully saturated rings. The van der Waals surface area contributed by atoms with Gasteiger partial charge in [0.15, 0.2) is 5.65 Å². The number of thiophene rings is 1. The lowest BCUT2D eigenvalue weighted by atomic mass is 10.4. The zero-order valence-corrected chi connectivity index (χ0v) is 17.0. The molecule has 4 heterocycles. The van der Waals surface area contributed by atoms with Crippen molar-refractivity contribution in [3.8, 4) is 0 Å². The van der Waals surface area contributed by atoms with Gasteiger partial charge < -0.3 is 9.73 Å². The SMILES string of the molecule is O=S(=O)(c1cccc(Cl)c1)c1nnn2c1nc(NCc1ccco1)c1sccc12. The van der Waals surface area contributed by atoms with E-state index in [2.05, 4.69) is 20.6 Å². The van der Waals surface area contributed by atoms with Crippen LogP contribution in [0.25, 0.3) is 15.9 Å². The zero-order chi connectivity index (χ0) is 20.0. The summed E-state index contributed by atoms with van der Waals surface area (Å²) >= 11 is 7.44. The second kappa shape index (κ2) is 6.83. The number of rotatable bonds is 5. The summed E-state index contributed by atoms with van der Waals surface area (Å²) in [5.41, 5.74) is 0.847. The fraction of sp³-hybridized carbons (Fsp3) is 0.0556. The van der Waals surface area contributed by atoms with E-state index in [4.69, 9.17) is 16.0 Å². The van der Waals surface area contributed by atoms with Gasteiger partial charge in [-0.25, -0.2) is 13.4 Å². The van der Waals surface area contributed by atoms with Crippen LogP contribution in [0.4, 0.5) is 5.82 Å². The summed E-state index contributed by atoms with van der Waals surface area (Å²) in [7, 11) is -3.96. The van der Waals surface area contributed by atoms with Crippen LogP contribution in [0.3, 0.4) is 0 Å². The Morgan fingerprint density at radius 2 is 2.10 bits per heavy atom. The summed E-state index contributed by atoms with van der Waals surface area (Å²) in [6.07, 6.45) is 1.59. The van der Waals surface area contributed by atoms with Gasteiger partial charge in [-0.05, 0) is 41.8 Å². The number of nitrogens with one attached hydrogen (secondary N) is 1. The predicted molar refractivity (Wildman–Crippen MR) is 109 cm³/mol. The summed E-state index contributed by atoms with van der Waals surface area (Å²) in [6, 6.07) is 11.5. The average molecular weight is 446 g/mol. The number of fused-ring (bicyclic) bond motifs is 3. The van der Waals surface area contributed by atoms with Crippen LogP contribution >= 0.6 is 22.9 Å². The van der Waals surface area contributed by atoms with Gasteiger partial charge in [-0.2, -0.15) is 4.52 Å². The van der Waals surface area contributed by atoms with Gasteiger partial charge in [0.05, 0.1) is 27.9 Å². The highest BCUT2D eigenvalue weighted by Crippen LogP contribution is 2.31. The van der Waals surface area contributed by atoms with Gasteiger partial charge in [0.25, 0.3) is 0 Å². The molecule has 0 radical (unpaired) electrons. The third-order valence-corrected chi connectivity index (χ3v) is 7.09. The molecule has 0 saturated carbocycles. The number of hydrogen-bond donors (Lipinski definition) is 1. The van der Waals surface area contributed by atoms with E-state index in [0.717, 1.165) is 10.5 Å². The third-order valence-electron chi connectivity index (χ3n) is 4.29. The lowest BCUT2D eigenvalue weighted by molar-refractivity contribution is 0.518. The molecule has 29 heavy (non-hydrogen) atoms. The Kier molecular flexibility index (Phi) is 4.26. The van der Waals surface area contributed by atoms with Crippen LogP contribution in [0.15, 0.2) is 68.4 Å². The number of aromatic nitrogens is 4. The van der Waals surface area contributed by atoms with Crippen molar-refractivity contribution in [3.63, 3.8) is 0 Å². The molecule has 8 nitrogen and oxygen atoms in total. The first-order valence-electron chi connectivity index (χ1n) is 8.43. The Morgan fingerprint density at radius 3 is 2.90 bits per heavy atom. The summed E-state index contributed by atoms with van der Waals surface area (Å²) < 4.78 is 33.9. The Bertz CT molecular complexity index is 1440. The van der Waals surface area contributed by atoms with E-state index in [0.29, 0.717) is 22.9 Å². The van der Waals surface area contributed by atoms with Gasteiger partial charge in [0.1, 0.15) is 11.6 Å². The molecule has 1 aromatic carbocycles. The summed E-state index contributed by atoms with van der Waals surface area (Å²) in [5, 5.41) is 13.1. The molecule has 0 atom stereocenters. The standard InChI is InChI=1S/C18H12ClN5O3S2/c19-11-3-1-5-13(9-11)29(25,26)18-17-21-16(20-10-12-4-2-7-27-12)15-14(6-8-28-15)24(17)23-22-18/h1-9H,10H2,(H,20,21). The van der Waals surface area contributed by atoms with Crippen molar-refractivity contribution < 1.29 is 12.8 Å². The van der Waals surface area contributed by atoms with Crippen molar-refractivity contribution in [3.05, 3.63) is 64.9 Å². The monoisotopic (exact) mass is 445 g/mol. The van der Waals surface area contributed by atoms with Crippen molar-refractivity contribution in [1.29, 1.82) is 0 Å². The highest BCUT2D eigenvalue weighted by atomic mass is 35.5. The molecular weight excluding hydrogens is 434 g/mol. The normalized spacial score (nSPS) is 12.0. The molecule has 5 rings (SSSR count). The van der Waals surface area contributed by atoms with Gasteiger partial charge in [-0.15, -0.1) is 16.4 Å². The predicted octanol–water partition coefficient (Wildman–Crippen LogP) is 4.03. The minimum atomic E-state index is -3.96. The zero-order valence-electron chi connectivity index (χ0n) is 14.6. The number of halogens is 1. The Labute approximate surface area is 173 Å². The molecular formula is C18H12ClN5O3S2. The van der Waals surface area contributed by atoms with E-state index in [9.17, 15) is 8.42 Å². The van der Waals surface area contributed by atoms with Crippen LogP contribution in [0.5, 0.6) is 0 Å². The van der Waals surface area contributed by atoms with Gasteiger partial charge >= 0.3 is 0 Å². The number of anilines is 1. The fourth-order valence-corrected chi connectivity index (χ4v) is 5.32. The van der Waals surface area contributed by atoms with Gasteiger partial charge in [-0.3, -0.25) is 0 Å². The smallest absolute Gasteiger partial charge is 0.229 e. The van der Waals surface area contributed by atoms with Crippen LogP contribution in [0, 0.1) is 0 Å². The Morgan fingerprint density at radius 1 is 1.21 bits per heavy atom. The largest absolute Gasteiger partial charge is 0.467 e. The number of benzene rings is 1. The molecule has 5 aromatic rings. The van der Waals surface area contributed by atoms with Crippen molar-refractivity contribution in [2.24, 2.45) is 0 Å². The molecule has 0 bridgehead atoms. The second-order valence-electron chi connectivity index (χ2n) is 6.12. The van der Waals surface area contributed by atoms with Gasteiger partial charge in [0.2, 0.25) is 14.9 Å². The Balaban J connectivity index is 1.67. The van der Waals surface area contributed by atoms with Gasteiger partial charge in [-0.1, -0.05) is 22.9 Å². The van der Waals surface area contributed by atoms with Crippen LogP contribution in [-0.2, 0) is 16.4 Å². The van der Waals surface area contributed by atoms with Crippen LogP contribution < -0.4 is 5.32 Å². The van der Waals surface area contributed by atoms with Crippen LogP contribution in [0.2, 0.25) is 5.02 Å². The minimum absolute atomic E-state index is 0.0321. The van der Waals surface area contributed by atoms with Crippen molar-refractivity contribution in [2.75, 3.05) is 5.32 Å². The molecule has 0 spiro atoms. The van der Waals surface area contributed by atoms with Crippen LogP contribution in [-0.4, -0.2) is 28.2 Å². The lowest BCUT2D eigenvalue weighted by Gasteiger charge is -2.07. The van der Waals surface area contributed by atoms with E-state index < -0.39 is 9.84 Å². The van der Waals surface area contributed by atoms with Crippen molar-refractivity contribution >= 4 is 54.5 Å². The number of nitrogens with zero attached hydrogens (tertiary/aromatic N) is 4. The molecule has 11 heteroatoms.